The third kappa shape index (κ3) is 2.12. The van der Waals surface area contributed by atoms with Crippen LogP contribution in [0.1, 0.15) is 24.0 Å². The van der Waals surface area contributed by atoms with Crippen molar-refractivity contribution in [1.29, 1.82) is 0 Å². The molecule has 2 atom stereocenters. The van der Waals surface area contributed by atoms with Gasteiger partial charge < -0.3 is 10.4 Å². The number of benzene rings is 1. The zero-order valence-corrected chi connectivity index (χ0v) is 10.4. The van der Waals surface area contributed by atoms with Crippen molar-refractivity contribution in [3.63, 3.8) is 0 Å². The molecule has 2 nitrogen and oxygen atoms in total. The molecule has 1 heterocycles. The van der Waals surface area contributed by atoms with Gasteiger partial charge >= 0.3 is 0 Å². The zero-order valence-electron chi connectivity index (χ0n) is 10.4. The first-order chi connectivity index (χ1) is 8.16. The number of aliphatic hydroxyl groups is 1. The maximum atomic E-state index is 10.7. The Hall–Kier alpha value is -0.860. The average Bonchev–Trinajstić information content (AvgIpc) is 2.79. The molecule has 2 N–H and O–H groups in total. The third-order valence-corrected chi connectivity index (χ3v) is 4.54. The molecule has 3 rings (SSSR count). The minimum Gasteiger partial charge on any atom is -0.390 e. The van der Waals surface area contributed by atoms with E-state index in [9.17, 15) is 5.11 Å². The van der Waals surface area contributed by atoms with E-state index in [0.29, 0.717) is 11.8 Å². The van der Waals surface area contributed by atoms with Crippen molar-refractivity contribution in [2.45, 2.75) is 31.8 Å². The molecule has 1 aliphatic heterocycles. The first kappa shape index (κ1) is 11.2. The predicted molar refractivity (Wildman–Crippen MR) is 68.9 cm³/mol. The largest absolute Gasteiger partial charge is 0.390 e. The maximum absolute atomic E-state index is 10.7. The second-order valence-electron chi connectivity index (χ2n) is 5.91. The van der Waals surface area contributed by atoms with Crippen LogP contribution in [0, 0.1) is 18.8 Å². The molecular weight excluding hydrogens is 210 g/mol. The first-order valence-electron chi connectivity index (χ1n) is 6.64. The summed E-state index contributed by atoms with van der Waals surface area (Å²) in [6, 6.07) is 8.43. The van der Waals surface area contributed by atoms with Crippen molar-refractivity contribution < 1.29 is 5.11 Å². The second-order valence-corrected chi connectivity index (χ2v) is 5.91. The van der Waals surface area contributed by atoms with Crippen LogP contribution in [0.15, 0.2) is 24.3 Å². The fraction of sp³-hybridized carbons (Fsp3) is 0.600. The lowest BCUT2D eigenvalue weighted by molar-refractivity contribution is 0.0397. The average molecular weight is 231 g/mol. The van der Waals surface area contributed by atoms with Gasteiger partial charge in [0.05, 0.1) is 5.60 Å². The number of fused-ring (bicyclic) bond motifs is 1. The molecule has 2 aliphatic rings. The Bertz CT molecular complexity index is 403. The molecule has 1 aromatic rings. The van der Waals surface area contributed by atoms with Gasteiger partial charge in [0.2, 0.25) is 0 Å². The molecule has 1 saturated heterocycles. The Morgan fingerprint density at radius 1 is 1.24 bits per heavy atom. The number of hydrogen-bond donors (Lipinski definition) is 2. The smallest absolute Gasteiger partial charge is 0.0694 e. The van der Waals surface area contributed by atoms with Crippen molar-refractivity contribution >= 4 is 0 Å². The van der Waals surface area contributed by atoms with Crippen molar-refractivity contribution in [2.75, 3.05) is 13.1 Å². The summed E-state index contributed by atoms with van der Waals surface area (Å²) in [5.41, 5.74) is 2.16. The van der Waals surface area contributed by atoms with Gasteiger partial charge in [-0.2, -0.15) is 0 Å². The number of rotatable bonds is 2. The van der Waals surface area contributed by atoms with Crippen LogP contribution in [0.3, 0.4) is 0 Å². The standard InChI is InChI=1S/C15H21NO/c1-11-4-2-3-5-12(11)6-15(17)7-13-9-16-10-14(13)8-15/h2-5,13-14,16-17H,6-10H2,1H3. The minimum absolute atomic E-state index is 0.455. The van der Waals surface area contributed by atoms with Gasteiger partial charge in [-0.15, -0.1) is 0 Å². The van der Waals surface area contributed by atoms with Gasteiger partial charge in [0.1, 0.15) is 0 Å². The van der Waals surface area contributed by atoms with E-state index in [2.05, 4.69) is 36.5 Å². The van der Waals surface area contributed by atoms with Crippen molar-refractivity contribution in [1.82, 2.24) is 5.32 Å². The van der Waals surface area contributed by atoms with Crippen LogP contribution in [-0.2, 0) is 6.42 Å². The van der Waals surface area contributed by atoms with Crippen LogP contribution >= 0.6 is 0 Å². The first-order valence-corrected chi connectivity index (χ1v) is 6.64. The zero-order chi connectivity index (χ0) is 11.9. The van der Waals surface area contributed by atoms with E-state index < -0.39 is 5.60 Å². The van der Waals surface area contributed by atoms with Crippen LogP contribution in [-0.4, -0.2) is 23.8 Å². The van der Waals surface area contributed by atoms with E-state index in [0.717, 1.165) is 32.4 Å². The molecule has 1 aromatic carbocycles. The van der Waals surface area contributed by atoms with E-state index in [1.165, 1.54) is 11.1 Å². The molecule has 0 aromatic heterocycles. The molecule has 2 fully saturated rings. The molecule has 2 heteroatoms. The van der Waals surface area contributed by atoms with Crippen molar-refractivity contribution in [3.05, 3.63) is 35.4 Å². The molecular formula is C15H21NO. The molecule has 92 valence electrons. The van der Waals surface area contributed by atoms with E-state index in [-0.39, 0.29) is 0 Å². The lowest BCUT2D eigenvalue weighted by atomic mass is 9.89. The summed E-state index contributed by atoms with van der Waals surface area (Å²) in [6.07, 6.45) is 2.77. The normalized spacial score (nSPS) is 36.1. The van der Waals surface area contributed by atoms with Crippen LogP contribution < -0.4 is 5.32 Å². The summed E-state index contributed by atoms with van der Waals surface area (Å²) < 4.78 is 0. The monoisotopic (exact) mass is 231 g/mol. The molecule has 0 bridgehead atoms. The topological polar surface area (TPSA) is 32.3 Å². The fourth-order valence-corrected chi connectivity index (χ4v) is 3.63. The molecule has 1 aliphatic carbocycles. The summed E-state index contributed by atoms with van der Waals surface area (Å²) in [5.74, 6) is 1.40. The van der Waals surface area contributed by atoms with Gasteiger partial charge in [-0.1, -0.05) is 24.3 Å². The minimum atomic E-state index is -0.455. The summed E-state index contributed by atoms with van der Waals surface area (Å²) in [4.78, 5) is 0. The summed E-state index contributed by atoms with van der Waals surface area (Å²) >= 11 is 0. The summed E-state index contributed by atoms with van der Waals surface area (Å²) in [6.45, 7) is 4.33. The van der Waals surface area contributed by atoms with E-state index in [1.54, 1.807) is 0 Å². The lowest BCUT2D eigenvalue weighted by Gasteiger charge is -2.24. The number of hydrogen-bond acceptors (Lipinski definition) is 2. The lowest BCUT2D eigenvalue weighted by Crippen LogP contribution is -2.31. The Labute approximate surface area is 103 Å². The van der Waals surface area contributed by atoms with Gasteiger partial charge in [0.25, 0.3) is 0 Å². The van der Waals surface area contributed by atoms with Gasteiger partial charge in [0, 0.05) is 6.42 Å². The van der Waals surface area contributed by atoms with E-state index in [1.807, 2.05) is 0 Å². The highest BCUT2D eigenvalue weighted by Crippen LogP contribution is 2.43. The molecule has 1 saturated carbocycles. The summed E-state index contributed by atoms with van der Waals surface area (Å²) in [5, 5.41) is 14.2. The SMILES string of the molecule is Cc1ccccc1CC1(O)CC2CNCC2C1. The van der Waals surface area contributed by atoms with Gasteiger partial charge in [-0.05, 0) is 55.8 Å². The maximum Gasteiger partial charge on any atom is 0.0694 e. The Balaban J connectivity index is 1.75. The van der Waals surface area contributed by atoms with Crippen molar-refractivity contribution in [3.8, 4) is 0 Å². The molecule has 17 heavy (non-hydrogen) atoms. The fourth-order valence-electron chi connectivity index (χ4n) is 3.63. The second kappa shape index (κ2) is 4.11. The molecule has 0 radical (unpaired) electrons. The van der Waals surface area contributed by atoms with E-state index in [4.69, 9.17) is 0 Å². The summed E-state index contributed by atoms with van der Waals surface area (Å²) in [7, 11) is 0. The Morgan fingerprint density at radius 3 is 2.53 bits per heavy atom. The highest BCUT2D eigenvalue weighted by Gasteiger charge is 2.45. The van der Waals surface area contributed by atoms with Gasteiger partial charge in [-0.25, -0.2) is 0 Å². The highest BCUT2D eigenvalue weighted by atomic mass is 16.3. The quantitative estimate of drug-likeness (QED) is 0.815. The molecule has 0 spiro atoms. The van der Waals surface area contributed by atoms with E-state index >= 15 is 0 Å². The number of nitrogens with one attached hydrogen (secondary N) is 1. The van der Waals surface area contributed by atoms with Gasteiger partial charge in [0.15, 0.2) is 0 Å². The van der Waals surface area contributed by atoms with Crippen LogP contribution in [0.2, 0.25) is 0 Å². The molecule has 0 amide bonds. The predicted octanol–water partition coefficient (Wildman–Crippen LogP) is 1.90. The van der Waals surface area contributed by atoms with Crippen LogP contribution in [0.4, 0.5) is 0 Å². The Kier molecular flexibility index (Phi) is 2.72. The van der Waals surface area contributed by atoms with Crippen LogP contribution in [0.25, 0.3) is 0 Å². The van der Waals surface area contributed by atoms with Crippen LogP contribution in [0.5, 0.6) is 0 Å². The third-order valence-electron chi connectivity index (χ3n) is 4.54. The van der Waals surface area contributed by atoms with Crippen molar-refractivity contribution in [2.24, 2.45) is 11.8 Å². The molecule has 2 unspecified atom stereocenters. The highest BCUT2D eigenvalue weighted by molar-refractivity contribution is 5.27. The number of aryl methyl sites for hydroxylation is 1. The van der Waals surface area contributed by atoms with Gasteiger partial charge in [-0.3, -0.25) is 0 Å². The Morgan fingerprint density at radius 2 is 1.88 bits per heavy atom.